The minimum Gasteiger partial charge on any atom is -0.505 e. The average molecular weight is 315 g/mol. The average Bonchev–Trinajstić information content (AvgIpc) is 2.80. The summed E-state index contributed by atoms with van der Waals surface area (Å²) in [6.07, 6.45) is 2.97. The predicted octanol–water partition coefficient (Wildman–Crippen LogP) is 2.22. The Morgan fingerprint density at radius 3 is 2.80 bits per heavy atom. The van der Waals surface area contributed by atoms with Crippen LogP contribution in [-0.4, -0.2) is 26.4 Å². The highest BCUT2D eigenvalue weighted by Gasteiger charge is 2.09. The molecule has 0 saturated carbocycles. The van der Waals surface area contributed by atoms with Gasteiger partial charge < -0.3 is 10.2 Å². The summed E-state index contributed by atoms with van der Waals surface area (Å²) in [5.41, 5.74) is 5.16. The van der Waals surface area contributed by atoms with Crippen molar-refractivity contribution in [2.24, 2.45) is 5.10 Å². The molecule has 0 saturated heterocycles. The van der Waals surface area contributed by atoms with Gasteiger partial charge in [-0.2, -0.15) is 5.10 Å². The number of anilines is 1. The largest absolute Gasteiger partial charge is 0.505 e. The van der Waals surface area contributed by atoms with Gasteiger partial charge in [0.05, 0.1) is 24.2 Å². The number of nitrogens with one attached hydrogen (secondary N) is 1. The second kappa shape index (κ2) is 7.18. The minimum absolute atomic E-state index is 0. The molecule has 0 amide bonds. The molecule has 3 N–H and O–H groups in total. The number of nitrogens with zero attached hydrogens (tertiary/aromatic N) is 3. The van der Waals surface area contributed by atoms with Crippen molar-refractivity contribution in [2.75, 3.05) is 5.43 Å². The first kappa shape index (κ1) is 16.4. The van der Waals surface area contributed by atoms with Crippen molar-refractivity contribution in [3.63, 3.8) is 0 Å². The molecule has 0 fully saturated rings. The van der Waals surface area contributed by atoms with E-state index < -0.39 is 0 Å². The van der Waals surface area contributed by atoms with Gasteiger partial charge in [0, 0.05) is 22.7 Å². The van der Waals surface area contributed by atoms with Gasteiger partial charge in [-0.25, -0.2) is 4.98 Å². The second-order valence-corrected chi connectivity index (χ2v) is 4.81. The number of halogens is 1. The second-order valence-electron chi connectivity index (χ2n) is 3.95. The van der Waals surface area contributed by atoms with Crippen LogP contribution in [0, 0.1) is 13.8 Å². The zero-order valence-corrected chi connectivity index (χ0v) is 12.6. The van der Waals surface area contributed by atoms with Gasteiger partial charge in [-0.3, -0.25) is 10.4 Å². The van der Waals surface area contributed by atoms with Crippen LogP contribution in [0.15, 0.2) is 16.7 Å². The van der Waals surface area contributed by atoms with Crippen LogP contribution in [-0.2, 0) is 6.61 Å². The Morgan fingerprint density at radius 2 is 2.20 bits per heavy atom. The molecule has 108 valence electrons. The van der Waals surface area contributed by atoms with E-state index in [9.17, 15) is 10.2 Å². The molecule has 2 heterocycles. The highest BCUT2D eigenvalue weighted by molar-refractivity contribution is 7.13. The molecule has 0 atom stereocenters. The van der Waals surface area contributed by atoms with Crippen LogP contribution in [0.1, 0.15) is 22.5 Å². The van der Waals surface area contributed by atoms with Crippen molar-refractivity contribution in [1.29, 1.82) is 0 Å². The van der Waals surface area contributed by atoms with E-state index in [1.54, 1.807) is 6.92 Å². The third-order valence-corrected chi connectivity index (χ3v) is 3.37. The summed E-state index contributed by atoms with van der Waals surface area (Å²) >= 11 is 1.44. The van der Waals surface area contributed by atoms with Gasteiger partial charge in [-0.15, -0.1) is 23.7 Å². The fourth-order valence-electron chi connectivity index (χ4n) is 1.48. The molecule has 8 heteroatoms. The van der Waals surface area contributed by atoms with E-state index in [1.807, 2.05) is 12.3 Å². The summed E-state index contributed by atoms with van der Waals surface area (Å²) in [5.74, 6) is 0.0208. The van der Waals surface area contributed by atoms with E-state index in [2.05, 4.69) is 20.5 Å². The van der Waals surface area contributed by atoms with E-state index >= 15 is 0 Å². The van der Waals surface area contributed by atoms with Gasteiger partial charge in [0.2, 0.25) is 5.13 Å². The SMILES string of the molecule is Cc1csc(N/N=C/c2c(CO)cnc(C)c2O)n1.Cl. The molecule has 0 bridgehead atoms. The van der Waals surface area contributed by atoms with E-state index in [4.69, 9.17) is 0 Å². The number of aromatic nitrogens is 2. The Hall–Kier alpha value is -1.70. The van der Waals surface area contributed by atoms with Gasteiger partial charge in [0.15, 0.2) is 0 Å². The van der Waals surface area contributed by atoms with Crippen LogP contribution in [0.5, 0.6) is 5.75 Å². The number of aliphatic hydroxyl groups excluding tert-OH is 1. The van der Waals surface area contributed by atoms with Crippen LogP contribution >= 0.6 is 23.7 Å². The number of aliphatic hydroxyl groups is 1. The lowest BCUT2D eigenvalue weighted by Crippen LogP contribution is -1.99. The molecule has 20 heavy (non-hydrogen) atoms. The molecule has 0 spiro atoms. The van der Waals surface area contributed by atoms with Crippen LogP contribution in [0.3, 0.4) is 0 Å². The van der Waals surface area contributed by atoms with E-state index in [0.717, 1.165) is 5.69 Å². The lowest BCUT2D eigenvalue weighted by molar-refractivity contribution is 0.280. The van der Waals surface area contributed by atoms with Crippen LogP contribution in [0.25, 0.3) is 0 Å². The van der Waals surface area contributed by atoms with Gasteiger partial charge in [0.25, 0.3) is 0 Å². The van der Waals surface area contributed by atoms with E-state index in [-0.39, 0.29) is 24.8 Å². The predicted molar refractivity (Wildman–Crippen MR) is 81.9 cm³/mol. The number of aryl methyl sites for hydroxylation is 2. The standard InChI is InChI=1S/C12H14N4O2S.ClH/c1-7-6-19-12(15-7)16-14-4-10-9(5-17)3-13-8(2)11(10)18;/h3-4,6,17-18H,5H2,1-2H3,(H,15,16);1H/b14-4+;. The normalized spacial score (nSPS) is 10.6. The summed E-state index contributed by atoms with van der Waals surface area (Å²) in [4.78, 5) is 8.17. The molecule has 0 aliphatic heterocycles. The molecular weight excluding hydrogens is 300 g/mol. The quantitative estimate of drug-likeness (QED) is 0.594. The number of pyridine rings is 1. The number of aromatic hydroxyl groups is 1. The summed E-state index contributed by atoms with van der Waals surface area (Å²) in [7, 11) is 0. The molecule has 0 unspecified atom stereocenters. The fourth-order valence-corrected chi connectivity index (χ4v) is 2.12. The number of thiazole rings is 1. The van der Waals surface area contributed by atoms with Crippen molar-refractivity contribution in [3.8, 4) is 5.75 Å². The number of hydrogen-bond donors (Lipinski definition) is 3. The zero-order valence-electron chi connectivity index (χ0n) is 11.0. The minimum atomic E-state index is -0.210. The van der Waals surface area contributed by atoms with Gasteiger partial charge in [-0.1, -0.05) is 0 Å². The first-order chi connectivity index (χ1) is 9.11. The molecule has 0 aliphatic carbocycles. The van der Waals surface area contributed by atoms with Crippen LogP contribution in [0.4, 0.5) is 5.13 Å². The number of hydrazone groups is 1. The van der Waals surface area contributed by atoms with Crippen molar-refractivity contribution < 1.29 is 10.2 Å². The topological polar surface area (TPSA) is 90.6 Å². The molecule has 2 aromatic heterocycles. The van der Waals surface area contributed by atoms with Gasteiger partial charge in [-0.05, 0) is 13.8 Å². The molecular formula is C12H15ClN4O2S. The first-order valence-corrected chi connectivity index (χ1v) is 6.49. The molecule has 2 rings (SSSR count). The van der Waals surface area contributed by atoms with Gasteiger partial charge >= 0.3 is 0 Å². The Kier molecular flexibility index (Phi) is 5.87. The Morgan fingerprint density at radius 1 is 1.45 bits per heavy atom. The third kappa shape index (κ3) is 3.66. The maximum atomic E-state index is 9.91. The maximum absolute atomic E-state index is 9.91. The van der Waals surface area contributed by atoms with Crippen LogP contribution in [0.2, 0.25) is 0 Å². The molecule has 6 nitrogen and oxygen atoms in total. The summed E-state index contributed by atoms with van der Waals surface area (Å²) in [6.45, 7) is 3.37. The first-order valence-electron chi connectivity index (χ1n) is 5.61. The van der Waals surface area contributed by atoms with Crippen molar-refractivity contribution in [2.45, 2.75) is 20.5 Å². The highest BCUT2D eigenvalue weighted by atomic mass is 35.5. The maximum Gasteiger partial charge on any atom is 0.203 e. The third-order valence-electron chi connectivity index (χ3n) is 2.50. The summed E-state index contributed by atoms with van der Waals surface area (Å²) < 4.78 is 0. The molecule has 0 aliphatic rings. The van der Waals surface area contributed by atoms with Gasteiger partial charge in [0.1, 0.15) is 5.75 Å². The van der Waals surface area contributed by atoms with Crippen molar-refractivity contribution in [3.05, 3.63) is 34.1 Å². The summed E-state index contributed by atoms with van der Waals surface area (Å²) in [6, 6.07) is 0. The van der Waals surface area contributed by atoms with E-state index in [1.165, 1.54) is 23.7 Å². The molecule has 0 radical (unpaired) electrons. The Labute approximate surface area is 126 Å². The summed E-state index contributed by atoms with van der Waals surface area (Å²) in [5, 5.41) is 25.7. The van der Waals surface area contributed by atoms with Crippen LogP contribution < -0.4 is 5.43 Å². The lowest BCUT2D eigenvalue weighted by Gasteiger charge is -2.06. The Balaban J connectivity index is 0.00000200. The zero-order chi connectivity index (χ0) is 13.8. The molecule has 2 aromatic rings. The fraction of sp³-hybridized carbons (Fsp3) is 0.250. The monoisotopic (exact) mass is 314 g/mol. The highest BCUT2D eigenvalue weighted by Crippen LogP contribution is 2.22. The van der Waals surface area contributed by atoms with Crippen molar-refractivity contribution in [1.82, 2.24) is 9.97 Å². The van der Waals surface area contributed by atoms with Crippen molar-refractivity contribution >= 4 is 35.1 Å². The molecule has 0 aromatic carbocycles. The van der Waals surface area contributed by atoms with E-state index in [0.29, 0.717) is 22.0 Å². The lowest BCUT2D eigenvalue weighted by atomic mass is 10.1. The Bertz CT molecular complexity index is 615. The number of rotatable bonds is 4. The number of hydrogen-bond acceptors (Lipinski definition) is 7. The smallest absolute Gasteiger partial charge is 0.203 e.